The third-order valence-electron chi connectivity index (χ3n) is 2.11. The standard InChI is InChI=1S/C10H15N5/c1-8(2)4-15-7-12-13-10(15)9-5-14(3)6-11-9/h5-8H,4H2,1-3H3. The van der Waals surface area contributed by atoms with Crippen LogP contribution < -0.4 is 0 Å². The molecule has 0 atom stereocenters. The fraction of sp³-hybridized carbons (Fsp3) is 0.500. The topological polar surface area (TPSA) is 48.5 Å². The fourth-order valence-electron chi connectivity index (χ4n) is 1.51. The highest BCUT2D eigenvalue weighted by Gasteiger charge is 2.10. The van der Waals surface area contributed by atoms with E-state index in [9.17, 15) is 0 Å². The summed E-state index contributed by atoms with van der Waals surface area (Å²) in [7, 11) is 1.94. The Balaban J connectivity index is 2.32. The maximum absolute atomic E-state index is 4.27. The first-order valence-corrected chi connectivity index (χ1v) is 5.03. The van der Waals surface area contributed by atoms with Gasteiger partial charge in [-0.15, -0.1) is 10.2 Å². The minimum absolute atomic E-state index is 0.573. The largest absolute Gasteiger partial charge is 0.340 e. The Kier molecular flexibility index (Phi) is 2.53. The Morgan fingerprint density at radius 3 is 2.73 bits per heavy atom. The lowest BCUT2D eigenvalue weighted by Gasteiger charge is -2.06. The van der Waals surface area contributed by atoms with Crippen LogP contribution >= 0.6 is 0 Å². The molecule has 0 saturated carbocycles. The van der Waals surface area contributed by atoms with E-state index in [1.54, 1.807) is 12.7 Å². The third kappa shape index (κ3) is 2.06. The molecule has 2 aromatic heterocycles. The van der Waals surface area contributed by atoms with Gasteiger partial charge in [0.05, 0.1) is 6.33 Å². The Hall–Kier alpha value is -1.65. The summed E-state index contributed by atoms with van der Waals surface area (Å²) in [5.41, 5.74) is 0.871. The van der Waals surface area contributed by atoms with Gasteiger partial charge < -0.3 is 9.13 Å². The summed E-state index contributed by atoms with van der Waals surface area (Å²) in [5, 5.41) is 8.01. The zero-order valence-electron chi connectivity index (χ0n) is 9.25. The highest BCUT2D eigenvalue weighted by molar-refractivity contribution is 5.47. The predicted octanol–water partition coefficient (Wildman–Crippen LogP) is 1.33. The van der Waals surface area contributed by atoms with Crippen molar-refractivity contribution in [2.45, 2.75) is 20.4 Å². The summed E-state index contributed by atoms with van der Waals surface area (Å²) in [6, 6.07) is 0. The quantitative estimate of drug-likeness (QED) is 0.759. The monoisotopic (exact) mass is 205 g/mol. The molecule has 0 radical (unpaired) electrons. The maximum Gasteiger partial charge on any atom is 0.183 e. The van der Waals surface area contributed by atoms with Crippen LogP contribution in [-0.4, -0.2) is 24.3 Å². The van der Waals surface area contributed by atoms with Gasteiger partial charge in [-0.25, -0.2) is 4.98 Å². The van der Waals surface area contributed by atoms with Crippen molar-refractivity contribution in [1.82, 2.24) is 24.3 Å². The molecule has 0 aliphatic rings. The van der Waals surface area contributed by atoms with Crippen molar-refractivity contribution in [3.63, 3.8) is 0 Å². The summed E-state index contributed by atoms with van der Waals surface area (Å²) >= 11 is 0. The Bertz CT molecular complexity index is 440. The number of aryl methyl sites for hydroxylation is 1. The molecule has 0 N–H and O–H groups in total. The van der Waals surface area contributed by atoms with Gasteiger partial charge in [-0.3, -0.25) is 0 Å². The molecule has 2 aromatic rings. The lowest BCUT2D eigenvalue weighted by Crippen LogP contribution is -2.05. The van der Waals surface area contributed by atoms with Crippen molar-refractivity contribution in [1.29, 1.82) is 0 Å². The molecule has 0 fully saturated rings. The van der Waals surface area contributed by atoms with Crippen molar-refractivity contribution in [3.05, 3.63) is 18.9 Å². The van der Waals surface area contributed by atoms with Gasteiger partial charge in [0, 0.05) is 19.8 Å². The fourth-order valence-corrected chi connectivity index (χ4v) is 1.51. The summed E-state index contributed by atoms with van der Waals surface area (Å²) in [5.74, 6) is 1.41. The van der Waals surface area contributed by atoms with E-state index in [1.165, 1.54) is 0 Å². The third-order valence-corrected chi connectivity index (χ3v) is 2.11. The van der Waals surface area contributed by atoms with Crippen LogP contribution in [-0.2, 0) is 13.6 Å². The molecular formula is C10H15N5. The second-order valence-electron chi connectivity index (χ2n) is 4.13. The van der Waals surface area contributed by atoms with Gasteiger partial charge >= 0.3 is 0 Å². The van der Waals surface area contributed by atoms with Crippen molar-refractivity contribution >= 4 is 0 Å². The van der Waals surface area contributed by atoms with Crippen LogP contribution in [0.4, 0.5) is 0 Å². The van der Waals surface area contributed by atoms with Crippen LogP contribution in [0, 0.1) is 5.92 Å². The van der Waals surface area contributed by atoms with Crippen LogP contribution in [0.1, 0.15) is 13.8 Å². The number of hydrogen-bond donors (Lipinski definition) is 0. The van der Waals surface area contributed by atoms with Crippen LogP contribution in [0.15, 0.2) is 18.9 Å². The van der Waals surface area contributed by atoms with Gasteiger partial charge in [-0.2, -0.15) is 0 Å². The molecule has 0 aliphatic carbocycles. The van der Waals surface area contributed by atoms with E-state index in [-0.39, 0.29) is 0 Å². The first-order valence-electron chi connectivity index (χ1n) is 5.03. The zero-order valence-corrected chi connectivity index (χ0v) is 9.25. The van der Waals surface area contributed by atoms with Crippen LogP contribution in [0.25, 0.3) is 11.5 Å². The minimum atomic E-state index is 0.573. The van der Waals surface area contributed by atoms with Crippen LogP contribution in [0.2, 0.25) is 0 Å². The van der Waals surface area contributed by atoms with E-state index in [1.807, 2.05) is 22.4 Å². The van der Waals surface area contributed by atoms with E-state index in [4.69, 9.17) is 0 Å². The second-order valence-corrected chi connectivity index (χ2v) is 4.13. The summed E-state index contributed by atoms with van der Waals surface area (Å²) in [6.45, 7) is 5.25. The summed E-state index contributed by atoms with van der Waals surface area (Å²) in [6.07, 6.45) is 5.47. The SMILES string of the molecule is CC(C)Cn1cnnc1-c1cn(C)cn1. The molecule has 2 rings (SSSR count). The van der Waals surface area contributed by atoms with E-state index >= 15 is 0 Å². The molecule has 80 valence electrons. The molecule has 0 saturated heterocycles. The van der Waals surface area contributed by atoms with Crippen molar-refractivity contribution in [2.24, 2.45) is 13.0 Å². The zero-order chi connectivity index (χ0) is 10.8. The summed E-state index contributed by atoms with van der Waals surface area (Å²) < 4.78 is 3.94. The van der Waals surface area contributed by atoms with Crippen LogP contribution in [0.5, 0.6) is 0 Å². The van der Waals surface area contributed by atoms with Crippen LogP contribution in [0.3, 0.4) is 0 Å². The minimum Gasteiger partial charge on any atom is -0.340 e. The van der Waals surface area contributed by atoms with Gasteiger partial charge in [0.25, 0.3) is 0 Å². The number of aromatic nitrogens is 5. The molecule has 0 amide bonds. The van der Waals surface area contributed by atoms with E-state index < -0.39 is 0 Å². The van der Waals surface area contributed by atoms with Crippen molar-refractivity contribution in [2.75, 3.05) is 0 Å². The average Bonchev–Trinajstić information content (AvgIpc) is 2.72. The van der Waals surface area contributed by atoms with Gasteiger partial charge in [-0.1, -0.05) is 13.8 Å². The summed E-state index contributed by atoms with van der Waals surface area (Å²) in [4.78, 5) is 4.27. The smallest absolute Gasteiger partial charge is 0.183 e. The molecule has 5 heteroatoms. The lowest BCUT2D eigenvalue weighted by molar-refractivity contribution is 0.525. The lowest BCUT2D eigenvalue weighted by atomic mass is 10.2. The highest BCUT2D eigenvalue weighted by Crippen LogP contribution is 2.14. The van der Waals surface area contributed by atoms with Crippen molar-refractivity contribution < 1.29 is 0 Å². The molecule has 0 bridgehead atoms. The first kappa shape index (κ1) is 9.89. The molecule has 0 aromatic carbocycles. The Morgan fingerprint density at radius 2 is 2.13 bits per heavy atom. The average molecular weight is 205 g/mol. The molecule has 0 unspecified atom stereocenters. The van der Waals surface area contributed by atoms with Gasteiger partial charge in [0.2, 0.25) is 0 Å². The molecule has 2 heterocycles. The van der Waals surface area contributed by atoms with Crippen molar-refractivity contribution in [3.8, 4) is 11.5 Å². The number of rotatable bonds is 3. The number of nitrogens with zero attached hydrogens (tertiary/aromatic N) is 5. The normalized spacial score (nSPS) is 11.2. The maximum atomic E-state index is 4.27. The molecular weight excluding hydrogens is 190 g/mol. The van der Waals surface area contributed by atoms with E-state index in [0.717, 1.165) is 18.1 Å². The molecule has 0 aliphatic heterocycles. The van der Waals surface area contributed by atoms with Gasteiger partial charge in [0.15, 0.2) is 5.82 Å². The highest BCUT2D eigenvalue weighted by atomic mass is 15.3. The second kappa shape index (κ2) is 3.84. The molecule has 5 nitrogen and oxygen atoms in total. The number of imidazole rings is 1. The van der Waals surface area contributed by atoms with E-state index in [2.05, 4.69) is 29.0 Å². The molecule has 0 spiro atoms. The molecule has 15 heavy (non-hydrogen) atoms. The van der Waals surface area contributed by atoms with Gasteiger partial charge in [0.1, 0.15) is 12.0 Å². The van der Waals surface area contributed by atoms with Gasteiger partial charge in [-0.05, 0) is 5.92 Å². The van der Waals surface area contributed by atoms with E-state index in [0.29, 0.717) is 5.92 Å². The number of hydrogen-bond acceptors (Lipinski definition) is 3. The first-order chi connectivity index (χ1) is 7.16. The predicted molar refractivity (Wildman–Crippen MR) is 57.1 cm³/mol. The Morgan fingerprint density at radius 1 is 1.33 bits per heavy atom. The Labute approximate surface area is 88.8 Å².